The first kappa shape index (κ1) is 19.0. The number of carbonyl (C=O) groups is 1. The van der Waals surface area contributed by atoms with Gasteiger partial charge in [0.2, 0.25) is 0 Å². The zero-order valence-corrected chi connectivity index (χ0v) is 15.9. The lowest BCUT2D eigenvalue weighted by molar-refractivity contribution is 0.0176. The molecule has 1 aliphatic carbocycles. The van der Waals surface area contributed by atoms with Crippen LogP contribution in [0.1, 0.15) is 58.3 Å². The number of unbranched alkanes of at least 4 members (excludes halogenated alkanes) is 1. The first-order chi connectivity index (χ1) is 12.8. The summed E-state index contributed by atoms with van der Waals surface area (Å²) in [6.45, 7) is 5.12. The van der Waals surface area contributed by atoms with Gasteiger partial charge in [0, 0.05) is 17.8 Å². The fourth-order valence-electron chi connectivity index (χ4n) is 3.99. The zero-order chi connectivity index (χ0) is 18.2. The van der Waals surface area contributed by atoms with E-state index in [0.717, 1.165) is 56.6 Å². The molecule has 1 N–H and O–H groups in total. The second-order valence-corrected chi connectivity index (χ2v) is 7.39. The molecule has 1 aromatic carbocycles. The number of carbonyl (C=O) groups excluding carboxylic acids is 1. The van der Waals surface area contributed by atoms with Crippen LogP contribution in [0.4, 0.5) is 10.5 Å². The van der Waals surface area contributed by atoms with E-state index < -0.39 is 0 Å². The molecule has 1 heterocycles. The van der Waals surface area contributed by atoms with Gasteiger partial charge in [-0.3, -0.25) is 10.2 Å². The Labute approximate surface area is 157 Å². The van der Waals surface area contributed by atoms with E-state index in [1.54, 1.807) is 0 Å². The van der Waals surface area contributed by atoms with Crippen LogP contribution in [0.2, 0.25) is 0 Å². The van der Waals surface area contributed by atoms with Crippen molar-refractivity contribution in [1.29, 1.82) is 0 Å². The van der Waals surface area contributed by atoms with Crippen molar-refractivity contribution in [2.75, 3.05) is 25.0 Å². The highest BCUT2D eigenvalue weighted by atomic mass is 16.6. The van der Waals surface area contributed by atoms with Crippen molar-refractivity contribution in [3.8, 4) is 5.75 Å². The number of rotatable bonds is 7. The maximum Gasteiger partial charge on any atom is 0.411 e. The molecule has 2 fully saturated rings. The Bertz CT molecular complexity index is 572. The second kappa shape index (κ2) is 9.81. The van der Waals surface area contributed by atoms with Crippen LogP contribution in [0.5, 0.6) is 5.75 Å². The number of hydrogen-bond donors (Lipinski definition) is 1. The zero-order valence-electron chi connectivity index (χ0n) is 15.9. The molecule has 0 unspecified atom stereocenters. The number of benzene rings is 1. The lowest BCUT2D eigenvalue weighted by Crippen LogP contribution is -2.46. The maximum absolute atomic E-state index is 12.4. The average molecular weight is 360 g/mol. The normalized spacial score (nSPS) is 23.6. The van der Waals surface area contributed by atoms with Crippen LogP contribution in [0.3, 0.4) is 0 Å². The minimum absolute atomic E-state index is 0.00540. The van der Waals surface area contributed by atoms with Crippen molar-refractivity contribution in [1.82, 2.24) is 4.90 Å². The summed E-state index contributed by atoms with van der Waals surface area (Å²) >= 11 is 0. The van der Waals surface area contributed by atoms with Crippen molar-refractivity contribution < 1.29 is 14.3 Å². The molecule has 3 rings (SSSR count). The van der Waals surface area contributed by atoms with Crippen molar-refractivity contribution in [2.24, 2.45) is 0 Å². The molecule has 1 aromatic rings. The van der Waals surface area contributed by atoms with Gasteiger partial charge >= 0.3 is 6.09 Å². The molecule has 2 aliphatic rings. The first-order valence-corrected chi connectivity index (χ1v) is 10.2. The van der Waals surface area contributed by atoms with Crippen LogP contribution in [-0.4, -0.2) is 42.8 Å². The van der Waals surface area contributed by atoms with Crippen LogP contribution in [0.25, 0.3) is 0 Å². The molecule has 26 heavy (non-hydrogen) atoms. The van der Waals surface area contributed by atoms with E-state index in [0.29, 0.717) is 12.6 Å². The van der Waals surface area contributed by atoms with Gasteiger partial charge in [0.1, 0.15) is 11.9 Å². The molecule has 1 aliphatic heterocycles. The Morgan fingerprint density at radius 2 is 2.00 bits per heavy atom. The summed E-state index contributed by atoms with van der Waals surface area (Å²) in [6, 6.07) is 7.92. The Hall–Kier alpha value is -1.75. The Kier molecular flexibility index (Phi) is 7.18. The molecule has 1 amide bonds. The summed E-state index contributed by atoms with van der Waals surface area (Å²) < 4.78 is 11.5. The van der Waals surface area contributed by atoms with Gasteiger partial charge in [-0.15, -0.1) is 0 Å². The highest BCUT2D eigenvalue weighted by Crippen LogP contribution is 2.28. The Balaban J connectivity index is 1.53. The van der Waals surface area contributed by atoms with Crippen LogP contribution >= 0.6 is 0 Å². The highest BCUT2D eigenvalue weighted by molar-refractivity contribution is 5.85. The monoisotopic (exact) mass is 360 g/mol. The molecule has 0 spiro atoms. The van der Waals surface area contributed by atoms with E-state index in [-0.39, 0.29) is 12.2 Å². The molecule has 144 valence electrons. The smallest absolute Gasteiger partial charge is 0.411 e. The Morgan fingerprint density at radius 3 is 2.81 bits per heavy atom. The molecule has 0 bridgehead atoms. The minimum Gasteiger partial charge on any atom is -0.494 e. The summed E-state index contributed by atoms with van der Waals surface area (Å²) in [5.74, 6) is 0.781. The predicted molar refractivity (Wildman–Crippen MR) is 104 cm³/mol. The topological polar surface area (TPSA) is 50.8 Å². The predicted octanol–water partition coefficient (Wildman–Crippen LogP) is 4.82. The van der Waals surface area contributed by atoms with Crippen molar-refractivity contribution in [3.05, 3.63) is 24.3 Å². The van der Waals surface area contributed by atoms with Crippen molar-refractivity contribution in [2.45, 2.75) is 70.4 Å². The molecular weight excluding hydrogens is 328 g/mol. The van der Waals surface area contributed by atoms with Crippen LogP contribution in [-0.2, 0) is 4.74 Å². The third-order valence-corrected chi connectivity index (χ3v) is 5.38. The number of nitrogens with one attached hydrogen (secondary N) is 1. The maximum atomic E-state index is 12.4. The van der Waals surface area contributed by atoms with E-state index in [1.807, 2.05) is 24.3 Å². The number of amides is 1. The molecule has 1 saturated heterocycles. The van der Waals surface area contributed by atoms with E-state index in [2.05, 4.69) is 17.1 Å². The second-order valence-electron chi connectivity index (χ2n) is 7.39. The molecule has 5 nitrogen and oxygen atoms in total. The number of likely N-dealkylation sites (tertiary alicyclic amines) is 1. The number of nitrogens with zero attached hydrogens (tertiary/aromatic N) is 1. The van der Waals surface area contributed by atoms with Gasteiger partial charge in [0.05, 0.1) is 6.61 Å². The summed E-state index contributed by atoms with van der Waals surface area (Å²) in [6.07, 6.45) is 8.79. The average Bonchev–Trinajstić information content (AvgIpc) is 3.17. The molecule has 5 heteroatoms. The van der Waals surface area contributed by atoms with Gasteiger partial charge in [-0.2, -0.15) is 0 Å². The fraction of sp³-hybridized carbons (Fsp3) is 0.667. The van der Waals surface area contributed by atoms with Crippen molar-refractivity contribution >= 4 is 11.8 Å². The van der Waals surface area contributed by atoms with Gasteiger partial charge in [-0.1, -0.05) is 25.8 Å². The standard InChI is InChI=1S/C21H32N2O3/c1-2-3-15-25-18-10-8-9-17(16-18)22-21(24)26-20-12-5-4-11-19(20)23-13-6-7-14-23/h8-10,16,19-20H,2-7,11-15H2,1H3,(H,22,24)/t19-,20-/m0/s1. The summed E-state index contributed by atoms with van der Waals surface area (Å²) in [4.78, 5) is 14.9. The fourth-order valence-corrected chi connectivity index (χ4v) is 3.99. The minimum atomic E-state index is -0.355. The SMILES string of the molecule is CCCCOc1cccc(NC(=O)O[C@H]2CCCC[C@@H]2N2CCCC2)c1. The summed E-state index contributed by atoms with van der Waals surface area (Å²) in [5.41, 5.74) is 0.720. The summed E-state index contributed by atoms with van der Waals surface area (Å²) in [7, 11) is 0. The lowest BCUT2D eigenvalue weighted by atomic mass is 9.91. The van der Waals surface area contributed by atoms with Crippen LogP contribution < -0.4 is 10.1 Å². The van der Waals surface area contributed by atoms with E-state index in [9.17, 15) is 4.79 Å². The van der Waals surface area contributed by atoms with Gasteiger partial charge in [-0.25, -0.2) is 4.79 Å². The lowest BCUT2D eigenvalue weighted by Gasteiger charge is -2.37. The number of anilines is 1. The molecule has 2 atom stereocenters. The van der Waals surface area contributed by atoms with Gasteiger partial charge in [0.15, 0.2) is 0 Å². The van der Waals surface area contributed by atoms with Gasteiger partial charge < -0.3 is 9.47 Å². The molecule has 0 aromatic heterocycles. The van der Waals surface area contributed by atoms with E-state index in [4.69, 9.17) is 9.47 Å². The van der Waals surface area contributed by atoms with E-state index >= 15 is 0 Å². The van der Waals surface area contributed by atoms with Crippen LogP contribution in [0.15, 0.2) is 24.3 Å². The Morgan fingerprint density at radius 1 is 1.19 bits per heavy atom. The highest BCUT2D eigenvalue weighted by Gasteiger charge is 2.34. The number of hydrogen-bond acceptors (Lipinski definition) is 4. The van der Waals surface area contributed by atoms with E-state index in [1.165, 1.54) is 19.3 Å². The van der Waals surface area contributed by atoms with Gasteiger partial charge in [-0.05, 0) is 63.7 Å². The largest absolute Gasteiger partial charge is 0.494 e. The van der Waals surface area contributed by atoms with Crippen LogP contribution in [0, 0.1) is 0 Å². The van der Waals surface area contributed by atoms with Crippen molar-refractivity contribution in [3.63, 3.8) is 0 Å². The first-order valence-electron chi connectivity index (χ1n) is 10.2. The molecule has 1 saturated carbocycles. The third-order valence-electron chi connectivity index (χ3n) is 5.38. The summed E-state index contributed by atoms with van der Waals surface area (Å²) in [5, 5.41) is 2.87. The quantitative estimate of drug-likeness (QED) is 0.708. The third kappa shape index (κ3) is 5.37. The molecular formula is C21H32N2O3. The molecule has 0 radical (unpaired) electrons. The van der Waals surface area contributed by atoms with Gasteiger partial charge in [0.25, 0.3) is 0 Å². The number of ether oxygens (including phenoxy) is 2.